The maximum Gasteiger partial charge on any atom is 0.0520 e. The van der Waals surface area contributed by atoms with E-state index < -0.39 is 0 Å². The molecule has 72 valence electrons. The second-order valence-electron chi connectivity index (χ2n) is 3.58. The highest BCUT2D eigenvalue weighted by atomic mass is 16.5. The van der Waals surface area contributed by atoms with Crippen molar-refractivity contribution in [2.75, 3.05) is 33.5 Å². The zero-order valence-corrected chi connectivity index (χ0v) is 7.84. The summed E-state index contributed by atoms with van der Waals surface area (Å²) in [5.74, 6) is 0. The number of ether oxygens (including phenoxy) is 2. The monoisotopic (exact) mass is 173 g/mol. The van der Waals surface area contributed by atoms with Gasteiger partial charge >= 0.3 is 0 Å². The third-order valence-electron chi connectivity index (χ3n) is 2.68. The highest BCUT2D eigenvalue weighted by molar-refractivity contribution is 4.81. The average Bonchev–Trinajstić information content (AvgIpc) is 2.07. The Bertz CT molecular complexity index is 106. The Hall–Kier alpha value is -0.120. The van der Waals surface area contributed by atoms with Gasteiger partial charge in [-0.1, -0.05) is 0 Å². The first kappa shape index (κ1) is 9.96. The molecule has 1 fully saturated rings. The first-order chi connectivity index (χ1) is 5.83. The van der Waals surface area contributed by atoms with Crippen LogP contribution in [0.1, 0.15) is 19.3 Å². The number of nitrogens with two attached hydrogens (primary N) is 1. The topological polar surface area (TPSA) is 44.5 Å². The Morgan fingerprint density at radius 1 is 1.42 bits per heavy atom. The molecule has 1 aliphatic rings. The third-order valence-corrected chi connectivity index (χ3v) is 2.68. The molecule has 0 radical (unpaired) electrons. The molecular weight excluding hydrogens is 154 g/mol. The molecule has 0 unspecified atom stereocenters. The van der Waals surface area contributed by atoms with E-state index in [1.165, 1.54) is 0 Å². The fourth-order valence-corrected chi connectivity index (χ4v) is 1.88. The summed E-state index contributed by atoms with van der Waals surface area (Å²) >= 11 is 0. The molecule has 12 heavy (non-hydrogen) atoms. The van der Waals surface area contributed by atoms with Crippen molar-refractivity contribution in [2.45, 2.75) is 19.3 Å². The molecule has 0 bridgehead atoms. The molecule has 1 aliphatic heterocycles. The second-order valence-corrected chi connectivity index (χ2v) is 3.58. The van der Waals surface area contributed by atoms with Crippen LogP contribution in [0.25, 0.3) is 0 Å². The minimum absolute atomic E-state index is 0.307. The van der Waals surface area contributed by atoms with Gasteiger partial charge in [-0.25, -0.2) is 0 Å². The van der Waals surface area contributed by atoms with Crippen LogP contribution in [0.4, 0.5) is 0 Å². The van der Waals surface area contributed by atoms with Crippen molar-refractivity contribution in [1.29, 1.82) is 0 Å². The van der Waals surface area contributed by atoms with Crippen LogP contribution in [0.5, 0.6) is 0 Å². The van der Waals surface area contributed by atoms with Crippen LogP contribution in [-0.4, -0.2) is 33.5 Å². The van der Waals surface area contributed by atoms with Crippen LogP contribution < -0.4 is 5.73 Å². The molecule has 0 amide bonds. The Morgan fingerprint density at radius 3 is 2.58 bits per heavy atom. The summed E-state index contributed by atoms with van der Waals surface area (Å²) in [6.45, 7) is 3.31. The molecule has 0 aromatic heterocycles. The van der Waals surface area contributed by atoms with Gasteiger partial charge in [0.2, 0.25) is 0 Å². The van der Waals surface area contributed by atoms with Gasteiger partial charge in [-0.15, -0.1) is 0 Å². The van der Waals surface area contributed by atoms with E-state index in [-0.39, 0.29) is 0 Å². The number of hydrogen-bond donors (Lipinski definition) is 1. The summed E-state index contributed by atoms with van der Waals surface area (Å²) < 4.78 is 10.5. The quantitative estimate of drug-likeness (QED) is 0.683. The summed E-state index contributed by atoms with van der Waals surface area (Å²) in [5.41, 5.74) is 5.89. The lowest BCUT2D eigenvalue weighted by Gasteiger charge is -2.36. The molecule has 2 N–H and O–H groups in total. The number of hydrogen-bond acceptors (Lipinski definition) is 3. The van der Waals surface area contributed by atoms with Gasteiger partial charge in [-0.3, -0.25) is 0 Å². The van der Waals surface area contributed by atoms with Gasteiger partial charge < -0.3 is 15.2 Å². The molecular formula is C9H19NO2. The zero-order valence-electron chi connectivity index (χ0n) is 7.84. The number of methoxy groups -OCH3 is 1. The van der Waals surface area contributed by atoms with Gasteiger partial charge in [-0.2, -0.15) is 0 Å². The lowest BCUT2D eigenvalue weighted by molar-refractivity contribution is -0.0307. The van der Waals surface area contributed by atoms with Crippen LogP contribution in [0.15, 0.2) is 0 Å². The van der Waals surface area contributed by atoms with Crippen molar-refractivity contribution >= 4 is 0 Å². The van der Waals surface area contributed by atoms with Crippen molar-refractivity contribution in [1.82, 2.24) is 0 Å². The molecule has 0 saturated carbocycles. The fourth-order valence-electron chi connectivity index (χ4n) is 1.88. The van der Waals surface area contributed by atoms with E-state index in [2.05, 4.69) is 0 Å². The van der Waals surface area contributed by atoms with Gasteiger partial charge in [0, 0.05) is 20.3 Å². The summed E-state index contributed by atoms with van der Waals surface area (Å²) in [4.78, 5) is 0. The molecule has 3 nitrogen and oxygen atoms in total. The largest absolute Gasteiger partial charge is 0.384 e. The first-order valence-corrected chi connectivity index (χ1v) is 4.60. The SMILES string of the molecule is COCC1(CCN)CCOCC1. The van der Waals surface area contributed by atoms with Gasteiger partial charge in [-0.05, 0) is 31.2 Å². The Labute approximate surface area is 74.2 Å². The average molecular weight is 173 g/mol. The molecule has 1 saturated heterocycles. The molecule has 0 atom stereocenters. The van der Waals surface area contributed by atoms with E-state index >= 15 is 0 Å². The standard InChI is InChI=1S/C9H19NO2/c1-11-8-9(2-5-10)3-6-12-7-4-9/h2-8,10H2,1H3. The maximum absolute atomic E-state index is 5.58. The summed E-state index contributed by atoms with van der Waals surface area (Å²) in [6, 6.07) is 0. The van der Waals surface area contributed by atoms with Crippen LogP contribution in [0, 0.1) is 5.41 Å². The Kier molecular flexibility index (Phi) is 3.98. The molecule has 0 spiro atoms. The third kappa shape index (κ3) is 2.44. The normalized spacial score (nSPS) is 22.5. The molecule has 3 heteroatoms. The fraction of sp³-hybridized carbons (Fsp3) is 1.00. The van der Waals surface area contributed by atoms with Crippen molar-refractivity contribution < 1.29 is 9.47 Å². The van der Waals surface area contributed by atoms with Gasteiger partial charge in [0.05, 0.1) is 6.61 Å². The Balaban J connectivity index is 2.44. The van der Waals surface area contributed by atoms with Crippen molar-refractivity contribution in [2.24, 2.45) is 11.1 Å². The highest BCUT2D eigenvalue weighted by Crippen LogP contribution is 2.33. The predicted molar refractivity (Wildman–Crippen MR) is 48.0 cm³/mol. The van der Waals surface area contributed by atoms with E-state index in [0.717, 1.165) is 45.6 Å². The van der Waals surface area contributed by atoms with E-state index in [1.807, 2.05) is 0 Å². The molecule has 1 heterocycles. The lowest BCUT2D eigenvalue weighted by Crippen LogP contribution is -2.35. The Morgan fingerprint density at radius 2 is 2.08 bits per heavy atom. The minimum atomic E-state index is 0.307. The first-order valence-electron chi connectivity index (χ1n) is 4.60. The van der Waals surface area contributed by atoms with E-state index in [4.69, 9.17) is 15.2 Å². The van der Waals surface area contributed by atoms with Crippen molar-refractivity contribution in [3.8, 4) is 0 Å². The summed E-state index contributed by atoms with van der Waals surface area (Å²) in [5, 5.41) is 0. The predicted octanol–water partition coefficient (Wildman–Crippen LogP) is 0.778. The van der Waals surface area contributed by atoms with Crippen LogP contribution in [0.2, 0.25) is 0 Å². The summed E-state index contributed by atoms with van der Waals surface area (Å²) in [6.07, 6.45) is 3.25. The van der Waals surface area contributed by atoms with Crippen LogP contribution in [0.3, 0.4) is 0 Å². The lowest BCUT2D eigenvalue weighted by atomic mass is 9.78. The van der Waals surface area contributed by atoms with Crippen LogP contribution in [-0.2, 0) is 9.47 Å². The van der Waals surface area contributed by atoms with Gasteiger partial charge in [0.25, 0.3) is 0 Å². The highest BCUT2D eigenvalue weighted by Gasteiger charge is 2.31. The zero-order chi connectivity index (χ0) is 8.86. The smallest absolute Gasteiger partial charge is 0.0520 e. The second kappa shape index (κ2) is 4.80. The summed E-state index contributed by atoms with van der Waals surface area (Å²) in [7, 11) is 1.76. The molecule has 0 aliphatic carbocycles. The van der Waals surface area contributed by atoms with E-state index in [1.54, 1.807) is 7.11 Å². The van der Waals surface area contributed by atoms with Gasteiger partial charge in [0.15, 0.2) is 0 Å². The van der Waals surface area contributed by atoms with Gasteiger partial charge in [0.1, 0.15) is 0 Å². The van der Waals surface area contributed by atoms with Crippen molar-refractivity contribution in [3.05, 3.63) is 0 Å². The van der Waals surface area contributed by atoms with E-state index in [9.17, 15) is 0 Å². The maximum atomic E-state index is 5.58. The molecule has 0 aromatic carbocycles. The minimum Gasteiger partial charge on any atom is -0.384 e. The number of rotatable bonds is 4. The van der Waals surface area contributed by atoms with E-state index in [0.29, 0.717) is 5.41 Å². The molecule has 0 aromatic rings. The molecule has 1 rings (SSSR count). The van der Waals surface area contributed by atoms with Crippen molar-refractivity contribution in [3.63, 3.8) is 0 Å². The van der Waals surface area contributed by atoms with Crippen LogP contribution >= 0.6 is 0 Å².